The fourth-order valence-electron chi connectivity index (χ4n) is 3.17. The smallest absolute Gasteiger partial charge is 0.370 e. The number of halogens is 3. The molecule has 126 valence electrons. The van der Waals surface area contributed by atoms with E-state index in [0.717, 1.165) is 24.7 Å². The fourth-order valence-corrected chi connectivity index (χ4v) is 3.17. The minimum Gasteiger partial charge on any atom is -0.370 e. The van der Waals surface area contributed by atoms with Gasteiger partial charge in [-0.3, -0.25) is 0 Å². The lowest BCUT2D eigenvalue weighted by molar-refractivity contribution is -0.137. The second-order valence-electron chi connectivity index (χ2n) is 5.93. The highest BCUT2D eigenvalue weighted by Gasteiger charge is 2.36. The number of piperidine rings is 1. The Kier molecular flexibility index (Phi) is 4.18. The highest BCUT2D eigenvalue weighted by atomic mass is 19.4. The van der Waals surface area contributed by atoms with E-state index in [0.29, 0.717) is 13.1 Å². The van der Waals surface area contributed by atoms with Crippen LogP contribution in [0.4, 0.5) is 18.9 Å². The summed E-state index contributed by atoms with van der Waals surface area (Å²) in [5.74, 6) is 0.780. The first-order valence-corrected chi connectivity index (χ1v) is 7.60. The van der Waals surface area contributed by atoms with Crippen molar-refractivity contribution in [1.29, 1.82) is 5.26 Å². The molecule has 0 spiro atoms. The van der Waals surface area contributed by atoms with Gasteiger partial charge in [-0.05, 0) is 31.0 Å². The van der Waals surface area contributed by atoms with E-state index in [9.17, 15) is 13.2 Å². The van der Waals surface area contributed by atoms with Gasteiger partial charge in [0.05, 0.1) is 22.9 Å². The lowest BCUT2D eigenvalue weighted by Crippen LogP contribution is -2.36. The van der Waals surface area contributed by atoms with Crippen LogP contribution < -0.4 is 4.90 Å². The molecule has 1 aromatic heterocycles. The van der Waals surface area contributed by atoms with Crippen molar-refractivity contribution in [3.8, 4) is 6.07 Å². The van der Waals surface area contributed by atoms with E-state index in [-0.39, 0.29) is 17.2 Å². The van der Waals surface area contributed by atoms with Crippen molar-refractivity contribution in [2.45, 2.75) is 24.9 Å². The lowest BCUT2D eigenvalue weighted by atomic mass is 9.95. The van der Waals surface area contributed by atoms with Gasteiger partial charge in [0.1, 0.15) is 12.2 Å². The van der Waals surface area contributed by atoms with Crippen LogP contribution in [-0.4, -0.2) is 27.9 Å². The van der Waals surface area contributed by atoms with Gasteiger partial charge in [0.25, 0.3) is 0 Å². The Hall–Kier alpha value is -2.56. The molecule has 8 heteroatoms. The lowest BCUT2D eigenvalue weighted by Gasteiger charge is -2.35. The van der Waals surface area contributed by atoms with Crippen LogP contribution in [0.2, 0.25) is 0 Å². The topological polar surface area (TPSA) is 57.7 Å². The summed E-state index contributed by atoms with van der Waals surface area (Å²) in [6.07, 6.45) is -1.26. The zero-order valence-corrected chi connectivity index (χ0v) is 13.1. The summed E-state index contributed by atoms with van der Waals surface area (Å²) in [6, 6.07) is 5.42. The first-order chi connectivity index (χ1) is 11.4. The Bertz CT molecular complexity index is 775. The van der Waals surface area contributed by atoms with E-state index in [2.05, 4.69) is 10.2 Å². The molecule has 0 unspecified atom stereocenters. The highest BCUT2D eigenvalue weighted by Crippen LogP contribution is 2.39. The number of rotatable bonds is 2. The number of nitriles is 1. The van der Waals surface area contributed by atoms with Gasteiger partial charge in [0.15, 0.2) is 0 Å². The van der Waals surface area contributed by atoms with Crippen molar-refractivity contribution in [3.63, 3.8) is 0 Å². The first kappa shape index (κ1) is 16.3. The molecule has 1 aliphatic heterocycles. The second kappa shape index (κ2) is 6.15. The van der Waals surface area contributed by atoms with E-state index in [1.807, 2.05) is 13.1 Å². The average molecular weight is 335 g/mol. The Morgan fingerprint density at radius 3 is 2.75 bits per heavy atom. The number of aromatic nitrogens is 3. The molecular formula is C16H16F3N5. The normalized spacial score (nSPS) is 18.5. The quantitative estimate of drug-likeness (QED) is 0.846. The van der Waals surface area contributed by atoms with E-state index in [1.54, 1.807) is 15.8 Å². The van der Waals surface area contributed by atoms with Crippen LogP contribution in [0.1, 0.15) is 35.7 Å². The van der Waals surface area contributed by atoms with Crippen molar-refractivity contribution in [1.82, 2.24) is 14.8 Å². The zero-order chi connectivity index (χ0) is 17.3. The van der Waals surface area contributed by atoms with E-state index in [1.165, 1.54) is 12.1 Å². The van der Waals surface area contributed by atoms with Gasteiger partial charge in [-0.15, -0.1) is 10.2 Å². The SMILES string of the molecule is Cn1cnnc1[C@H]1CCCN(c2cc(C#N)ccc2C(F)(F)F)C1. The molecular weight excluding hydrogens is 319 g/mol. The molecule has 1 aliphatic rings. The number of anilines is 1. The fraction of sp³-hybridized carbons (Fsp3) is 0.438. The summed E-state index contributed by atoms with van der Waals surface area (Å²) in [4.78, 5) is 1.70. The van der Waals surface area contributed by atoms with Crippen LogP contribution >= 0.6 is 0 Å². The maximum Gasteiger partial charge on any atom is 0.418 e. The largest absolute Gasteiger partial charge is 0.418 e. The second-order valence-corrected chi connectivity index (χ2v) is 5.93. The molecule has 0 amide bonds. The predicted molar refractivity (Wildman–Crippen MR) is 81.4 cm³/mol. The Morgan fingerprint density at radius 1 is 1.33 bits per heavy atom. The Balaban J connectivity index is 1.96. The zero-order valence-electron chi connectivity index (χ0n) is 13.1. The van der Waals surface area contributed by atoms with Gasteiger partial charge in [-0.25, -0.2) is 0 Å². The first-order valence-electron chi connectivity index (χ1n) is 7.60. The summed E-state index contributed by atoms with van der Waals surface area (Å²) in [5.41, 5.74) is -0.424. The highest BCUT2D eigenvalue weighted by molar-refractivity contribution is 5.59. The molecule has 1 aromatic carbocycles. The van der Waals surface area contributed by atoms with Gasteiger partial charge in [0.2, 0.25) is 0 Å². The van der Waals surface area contributed by atoms with Crippen LogP contribution in [0.3, 0.4) is 0 Å². The number of aryl methyl sites for hydroxylation is 1. The molecule has 2 aromatic rings. The van der Waals surface area contributed by atoms with Crippen molar-refractivity contribution < 1.29 is 13.2 Å². The molecule has 1 atom stereocenters. The molecule has 1 saturated heterocycles. The maximum atomic E-state index is 13.3. The molecule has 0 bridgehead atoms. The molecule has 0 saturated carbocycles. The third-order valence-electron chi connectivity index (χ3n) is 4.31. The summed E-state index contributed by atoms with van der Waals surface area (Å²) in [7, 11) is 1.83. The number of nitrogens with zero attached hydrogens (tertiary/aromatic N) is 5. The van der Waals surface area contributed by atoms with Crippen LogP contribution in [0.25, 0.3) is 0 Å². The number of hydrogen-bond acceptors (Lipinski definition) is 4. The van der Waals surface area contributed by atoms with Crippen LogP contribution in [0.15, 0.2) is 24.5 Å². The van der Waals surface area contributed by atoms with Crippen LogP contribution in [0, 0.1) is 11.3 Å². The van der Waals surface area contributed by atoms with Crippen molar-refractivity contribution in [2.24, 2.45) is 7.05 Å². The third-order valence-corrected chi connectivity index (χ3v) is 4.31. The monoisotopic (exact) mass is 335 g/mol. The molecule has 1 fully saturated rings. The summed E-state index contributed by atoms with van der Waals surface area (Å²) in [6.45, 7) is 0.941. The van der Waals surface area contributed by atoms with Gasteiger partial charge < -0.3 is 9.47 Å². The summed E-state index contributed by atoms with van der Waals surface area (Å²) >= 11 is 0. The number of benzene rings is 1. The van der Waals surface area contributed by atoms with Gasteiger partial charge in [-0.2, -0.15) is 18.4 Å². The number of alkyl halides is 3. The molecule has 0 N–H and O–H groups in total. The van der Waals surface area contributed by atoms with Crippen molar-refractivity contribution in [3.05, 3.63) is 41.5 Å². The van der Waals surface area contributed by atoms with E-state index >= 15 is 0 Å². The molecule has 2 heterocycles. The van der Waals surface area contributed by atoms with Crippen LogP contribution in [0.5, 0.6) is 0 Å². The predicted octanol–water partition coefficient (Wildman–Crippen LogP) is 3.09. The summed E-state index contributed by atoms with van der Waals surface area (Å²) in [5, 5.41) is 17.0. The minimum absolute atomic E-state index is 0.0121. The van der Waals surface area contributed by atoms with Crippen molar-refractivity contribution in [2.75, 3.05) is 18.0 Å². The molecule has 0 radical (unpaired) electrons. The average Bonchev–Trinajstić information content (AvgIpc) is 2.99. The number of hydrogen-bond donors (Lipinski definition) is 0. The summed E-state index contributed by atoms with van der Waals surface area (Å²) < 4.78 is 41.8. The Labute approximate surface area is 137 Å². The standard InChI is InChI=1S/C16H16F3N5/c1-23-10-21-22-15(23)12-3-2-6-24(9-12)14-7-11(8-20)4-5-13(14)16(17,18)19/h4-5,7,10,12H,2-3,6,9H2,1H3/t12-/m0/s1. The molecule has 24 heavy (non-hydrogen) atoms. The minimum atomic E-state index is -4.46. The van der Waals surface area contributed by atoms with Gasteiger partial charge in [0, 0.05) is 26.1 Å². The van der Waals surface area contributed by atoms with Gasteiger partial charge >= 0.3 is 6.18 Å². The maximum absolute atomic E-state index is 13.3. The van der Waals surface area contributed by atoms with Gasteiger partial charge in [-0.1, -0.05) is 0 Å². The Morgan fingerprint density at radius 2 is 2.12 bits per heavy atom. The van der Waals surface area contributed by atoms with E-state index < -0.39 is 11.7 Å². The molecule has 0 aliphatic carbocycles. The van der Waals surface area contributed by atoms with E-state index in [4.69, 9.17) is 5.26 Å². The van der Waals surface area contributed by atoms with Crippen LogP contribution in [-0.2, 0) is 13.2 Å². The van der Waals surface area contributed by atoms with Crippen molar-refractivity contribution >= 4 is 5.69 Å². The molecule has 3 rings (SSSR count). The molecule has 5 nitrogen and oxygen atoms in total. The third kappa shape index (κ3) is 3.07.